The first-order chi connectivity index (χ1) is 9.36. The molecule has 5 heteroatoms. The van der Waals surface area contributed by atoms with Crippen LogP contribution in [0.15, 0.2) is 24.3 Å². The molecule has 2 aromatic rings. The van der Waals surface area contributed by atoms with E-state index >= 15 is 0 Å². The fourth-order valence-electron chi connectivity index (χ4n) is 2.33. The lowest BCUT2D eigenvalue weighted by atomic mass is 10.2. The summed E-state index contributed by atoms with van der Waals surface area (Å²) in [4.78, 5) is 9.05. The van der Waals surface area contributed by atoms with Gasteiger partial charge in [-0.1, -0.05) is 12.1 Å². The number of benzene rings is 1. The van der Waals surface area contributed by atoms with Crippen LogP contribution >= 0.6 is 0 Å². The zero-order chi connectivity index (χ0) is 13.1. The van der Waals surface area contributed by atoms with Crippen LogP contribution in [0, 0.1) is 0 Å². The minimum atomic E-state index is 0.429. The van der Waals surface area contributed by atoms with Crippen LogP contribution in [0.4, 0.5) is 5.82 Å². The first kappa shape index (κ1) is 12.2. The Bertz CT molecular complexity index is 566. The van der Waals surface area contributed by atoms with E-state index in [0.717, 1.165) is 24.0 Å². The number of ether oxygens (including phenoxy) is 1. The third kappa shape index (κ3) is 2.61. The molecule has 0 aliphatic carbocycles. The topological polar surface area (TPSA) is 59.1 Å². The fraction of sp³-hybridized carbons (Fsp3) is 0.429. The molecular weight excluding hydrogens is 240 g/mol. The van der Waals surface area contributed by atoms with Gasteiger partial charge in [0, 0.05) is 13.1 Å². The molecule has 0 bridgehead atoms. The zero-order valence-electron chi connectivity index (χ0n) is 11.0. The number of rotatable bonds is 4. The number of nitrogens with zero attached hydrogens (tertiary/aromatic N) is 2. The monoisotopic (exact) mass is 258 g/mol. The molecule has 1 aromatic heterocycles. The first-order valence-corrected chi connectivity index (χ1v) is 6.67. The Hall–Kier alpha value is -1.88. The van der Waals surface area contributed by atoms with Crippen LogP contribution in [0.5, 0.6) is 5.88 Å². The molecule has 3 rings (SSSR count). The van der Waals surface area contributed by atoms with Gasteiger partial charge in [-0.25, -0.2) is 9.97 Å². The fourth-order valence-corrected chi connectivity index (χ4v) is 2.33. The van der Waals surface area contributed by atoms with Gasteiger partial charge < -0.3 is 15.4 Å². The summed E-state index contributed by atoms with van der Waals surface area (Å²) in [6.07, 6.45) is 2.38. The van der Waals surface area contributed by atoms with Gasteiger partial charge in [-0.15, -0.1) is 0 Å². The van der Waals surface area contributed by atoms with E-state index in [1.165, 1.54) is 6.42 Å². The van der Waals surface area contributed by atoms with Gasteiger partial charge in [0.25, 0.3) is 5.88 Å². The maximum atomic E-state index is 5.82. The summed E-state index contributed by atoms with van der Waals surface area (Å²) in [5, 5.41) is 6.45. The van der Waals surface area contributed by atoms with E-state index in [1.807, 2.05) is 31.3 Å². The van der Waals surface area contributed by atoms with Gasteiger partial charge in [-0.05, 0) is 31.5 Å². The van der Waals surface area contributed by atoms with Crippen LogP contribution in [0.1, 0.15) is 12.8 Å². The van der Waals surface area contributed by atoms with Gasteiger partial charge in [0.05, 0.1) is 11.0 Å². The standard InChI is InChI=1S/C14H18N4O/c1-15-13-14(19-9-10-5-4-8-16-10)18-12-7-3-2-6-11(12)17-13/h2-3,6-7,10,16H,4-5,8-9H2,1H3,(H,15,17)/t10-/m1/s1. The Balaban J connectivity index is 1.83. The largest absolute Gasteiger partial charge is 0.473 e. The minimum Gasteiger partial charge on any atom is -0.473 e. The smallest absolute Gasteiger partial charge is 0.258 e. The van der Waals surface area contributed by atoms with Crippen molar-refractivity contribution in [2.45, 2.75) is 18.9 Å². The van der Waals surface area contributed by atoms with Gasteiger partial charge in [0.2, 0.25) is 0 Å². The van der Waals surface area contributed by atoms with Crippen molar-refractivity contribution in [1.82, 2.24) is 15.3 Å². The van der Waals surface area contributed by atoms with E-state index < -0.39 is 0 Å². The lowest BCUT2D eigenvalue weighted by Gasteiger charge is -2.14. The van der Waals surface area contributed by atoms with Crippen LogP contribution in [-0.4, -0.2) is 36.2 Å². The van der Waals surface area contributed by atoms with Crippen LogP contribution in [0.2, 0.25) is 0 Å². The quantitative estimate of drug-likeness (QED) is 0.875. The van der Waals surface area contributed by atoms with Crippen LogP contribution in [0.25, 0.3) is 11.0 Å². The number of aromatic nitrogens is 2. The zero-order valence-corrected chi connectivity index (χ0v) is 11.0. The molecule has 1 fully saturated rings. The molecule has 2 heterocycles. The van der Waals surface area contributed by atoms with Crippen molar-refractivity contribution in [2.75, 3.05) is 25.5 Å². The third-order valence-corrected chi connectivity index (χ3v) is 3.36. The average molecular weight is 258 g/mol. The van der Waals surface area contributed by atoms with Crippen LogP contribution < -0.4 is 15.4 Å². The summed E-state index contributed by atoms with van der Waals surface area (Å²) < 4.78 is 5.82. The van der Waals surface area contributed by atoms with Crippen molar-refractivity contribution in [3.8, 4) is 5.88 Å². The molecule has 1 saturated heterocycles. The SMILES string of the molecule is CNc1nc2ccccc2nc1OC[C@H]1CCCN1. The first-order valence-electron chi connectivity index (χ1n) is 6.67. The van der Waals surface area contributed by atoms with E-state index in [2.05, 4.69) is 20.6 Å². The van der Waals surface area contributed by atoms with E-state index in [0.29, 0.717) is 24.3 Å². The number of hydrogen-bond acceptors (Lipinski definition) is 5. The highest BCUT2D eigenvalue weighted by atomic mass is 16.5. The maximum absolute atomic E-state index is 5.82. The second kappa shape index (κ2) is 5.40. The predicted molar refractivity (Wildman–Crippen MR) is 75.6 cm³/mol. The van der Waals surface area contributed by atoms with E-state index in [-0.39, 0.29) is 0 Å². The van der Waals surface area contributed by atoms with Gasteiger partial charge in [-0.3, -0.25) is 0 Å². The van der Waals surface area contributed by atoms with Crippen molar-refractivity contribution in [2.24, 2.45) is 0 Å². The Kier molecular flexibility index (Phi) is 3.46. The molecule has 1 aromatic carbocycles. The second-order valence-corrected chi connectivity index (χ2v) is 4.72. The molecule has 1 aliphatic heterocycles. The molecule has 19 heavy (non-hydrogen) atoms. The van der Waals surface area contributed by atoms with Crippen molar-refractivity contribution in [1.29, 1.82) is 0 Å². The molecule has 1 aliphatic rings. The number of nitrogens with one attached hydrogen (secondary N) is 2. The Morgan fingerprint density at radius 2 is 2.11 bits per heavy atom. The molecule has 5 nitrogen and oxygen atoms in total. The third-order valence-electron chi connectivity index (χ3n) is 3.36. The lowest BCUT2D eigenvalue weighted by Crippen LogP contribution is -2.28. The van der Waals surface area contributed by atoms with E-state index in [4.69, 9.17) is 4.74 Å². The van der Waals surface area contributed by atoms with Crippen molar-refractivity contribution in [3.05, 3.63) is 24.3 Å². The molecule has 1 atom stereocenters. The molecule has 100 valence electrons. The second-order valence-electron chi connectivity index (χ2n) is 4.72. The van der Waals surface area contributed by atoms with Crippen LogP contribution in [0.3, 0.4) is 0 Å². The number of hydrogen-bond donors (Lipinski definition) is 2. The summed E-state index contributed by atoms with van der Waals surface area (Å²) in [7, 11) is 1.83. The summed E-state index contributed by atoms with van der Waals surface area (Å²) in [6.45, 7) is 1.72. The normalized spacial score (nSPS) is 18.7. The molecule has 0 amide bonds. The van der Waals surface area contributed by atoms with Gasteiger partial charge in [-0.2, -0.15) is 0 Å². The molecule has 2 N–H and O–H groups in total. The van der Waals surface area contributed by atoms with Crippen LogP contribution in [-0.2, 0) is 0 Å². The van der Waals surface area contributed by atoms with Gasteiger partial charge in [0.15, 0.2) is 5.82 Å². The summed E-state index contributed by atoms with van der Waals surface area (Å²) >= 11 is 0. The van der Waals surface area contributed by atoms with Crippen molar-refractivity contribution in [3.63, 3.8) is 0 Å². The van der Waals surface area contributed by atoms with Gasteiger partial charge >= 0.3 is 0 Å². The number of fused-ring (bicyclic) bond motifs is 1. The Labute approximate surface area is 112 Å². The van der Waals surface area contributed by atoms with Crippen molar-refractivity contribution < 1.29 is 4.74 Å². The summed E-state index contributed by atoms with van der Waals surface area (Å²) in [6, 6.07) is 8.24. The summed E-state index contributed by atoms with van der Waals surface area (Å²) in [5.74, 6) is 1.27. The Morgan fingerprint density at radius 1 is 1.32 bits per heavy atom. The number of anilines is 1. The molecular formula is C14H18N4O. The minimum absolute atomic E-state index is 0.429. The highest BCUT2D eigenvalue weighted by Gasteiger charge is 2.16. The molecule has 0 saturated carbocycles. The van der Waals surface area contributed by atoms with E-state index in [9.17, 15) is 0 Å². The highest BCUT2D eigenvalue weighted by molar-refractivity contribution is 5.77. The molecule has 0 spiro atoms. The maximum Gasteiger partial charge on any atom is 0.258 e. The average Bonchev–Trinajstić information content (AvgIpc) is 2.97. The van der Waals surface area contributed by atoms with Crippen molar-refractivity contribution >= 4 is 16.9 Å². The van der Waals surface area contributed by atoms with E-state index in [1.54, 1.807) is 0 Å². The molecule has 0 radical (unpaired) electrons. The number of para-hydroxylation sites is 2. The molecule has 0 unspecified atom stereocenters. The predicted octanol–water partition coefficient (Wildman–Crippen LogP) is 1.80. The lowest BCUT2D eigenvalue weighted by molar-refractivity contribution is 0.269. The summed E-state index contributed by atoms with van der Waals surface area (Å²) in [5.41, 5.74) is 1.73. The van der Waals surface area contributed by atoms with Gasteiger partial charge in [0.1, 0.15) is 6.61 Å². The highest BCUT2D eigenvalue weighted by Crippen LogP contribution is 2.23. The Morgan fingerprint density at radius 3 is 2.79 bits per heavy atom.